The fourth-order valence-corrected chi connectivity index (χ4v) is 2.63. The molecule has 4 nitrogen and oxygen atoms in total. The molecule has 1 aliphatic rings. The van der Waals surface area contributed by atoms with Crippen LogP contribution in [0.2, 0.25) is 0 Å². The van der Waals surface area contributed by atoms with Gasteiger partial charge in [0.25, 0.3) is 0 Å². The van der Waals surface area contributed by atoms with Crippen LogP contribution in [0.25, 0.3) is 0 Å². The maximum absolute atomic E-state index is 13.2. The Kier molecular flexibility index (Phi) is 3.81. The Morgan fingerprint density at radius 2 is 2.29 bits per heavy atom. The van der Waals surface area contributed by atoms with Crippen molar-refractivity contribution >= 4 is 6.03 Å². The van der Waals surface area contributed by atoms with Crippen molar-refractivity contribution in [3.63, 3.8) is 0 Å². The molecular formula is C16H16FN3O. The highest BCUT2D eigenvalue weighted by Gasteiger charge is 2.24. The molecule has 21 heavy (non-hydrogen) atoms. The van der Waals surface area contributed by atoms with Crippen molar-refractivity contribution in [3.8, 4) is 0 Å². The first-order valence-corrected chi connectivity index (χ1v) is 6.94. The third-order valence-corrected chi connectivity index (χ3v) is 3.66. The second kappa shape index (κ2) is 5.91. The average Bonchev–Trinajstić information content (AvgIpc) is 2.88. The number of pyridine rings is 1. The number of benzene rings is 1. The first-order chi connectivity index (χ1) is 10.2. The van der Waals surface area contributed by atoms with Gasteiger partial charge in [-0.3, -0.25) is 4.98 Å². The lowest BCUT2D eigenvalue weighted by molar-refractivity contribution is 0.236. The molecule has 0 spiro atoms. The first kappa shape index (κ1) is 13.5. The van der Waals surface area contributed by atoms with Crippen molar-refractivity contribution in [1.82, 2.24) is 15.6 Å². The zero-order valence-corrected chi connectivity index (χ0v) is 11.5. The zero-order chi connectivity index (χ0) is 14.7. The maximum Gasteiger partial charge on any atom is 0.315 e. The lowest BCUT2D eigenvalue weighted by Gasteiger charge is -2.15. The summed E-state index contributed by atoms with van der Waals surface area (Å²) in [5.74, 6) is -0.226. The van der Waals surface area contributed by atoms with E-state index in [9.17, 15) is 9.18 Å². The second-order valence-corrected chi connectivity index (χ2v) is 5.12. The summed E-state index contributed by atoms with van der Waals surface area (Å²) in [5, 5.41) is 5.74. The van der Waals surface area contributed by atoms with E-state index in [0.29, 0.717) is 6.54 Å². The fraction of sp³-hybridized carbons (Fsp3) is 0.250. The Morgan fingerprint density at radius 1 is 1.38 bits per heavy atom. The number of urea groups is 1. The minimum absolute atomic E-state index is 0.0468. The quantitative estimate of drug-likeness (QED) is 0.911. The lowest BCUT2D eigenvalue weighted by atomic mass is 10.1. The molecule has 2 aromatic rings. The van der Waals surface area contributed by atoms with E-state index in [0.717, 1.165) is 29.5 Å². The molecule has 0 fully saturated rings. The van der Waals surface area contributed by atoms with Crippen LogP contribution in [-0.4, -0.2) is 11.0 Å². The number of hydrogen-bond acceptors (Lipinski definition) is 2. The zero-order valence-electron chi connectivity index (χ0n) is 11.5. The number of amides is 2. The minimum Gasteiger partial charge on any atom is -0.334 e. The molecule has 0 saturated heterocycles. The number of hydrogen-bond donors (Lipinski definition) is 2. The Labute approximate surface area is 122 Å². The number of aryl methyl sites for hydroxylation is 1. The van der Waals surface area contributed by atoms with Crippen molar-refractivity contribution in [2.24, 2.45) is 0 Å². The molecule has 1 atom stereocenters. The van der Waals surface area contributed by atoms with Gasteiger partial charge in [-0.15, -0.1) is 0 Å². The molecule has 2 amide bonds. The van der Waals surface area contributed by atoms with E-state index in [1.54, 1.807) is 24.5 Å². The van der Waals surface area contributed by atoms with Gasteiger partial charge in [0.1, 0.15) is 5.82 Å². The third kappa shape index (κ3) is 3.18. The van der Waals surface area contributed by atoms with Gasteiger partial charge in [0, 0.05) is 18.9 Å². The van der Waals surface area contributed by atoms with Crippen molar-refractivity contribution in [2.45, 2.75) is 25.4 Å². The summed E-state index contributed by atoms with van der Waals surface area (Å²) in [6.45, 7) is 0.433. The van der Waals surface area contributed by atoms with E-state index in [4.69, 9.17) is 0 Å². The molecule has 108 valence electrons. The van der Waals surface area contributed by atoms with Crippen molar-refractivity contribution in [1.29, 1.82) is 0 Å². The number of halogens is 1. The monoisotopic (exact) mass is 285 g/mol. The summed E-state index contributed by atoms with van der Waals surface area (Å²) in [4.78, 5) is 15.9. The maximum atomic E-state index is 13.2. The van der Waals surface area contributed by atoms with Crippen molar-refractivity contribution < 1.29 is 9.18 Å². The molecule has 2 N–H and O–H groups in total. The van der Waals surface area contributed by atoms with Gasteiger partial charge < -0.3 is 10.6 Å². The Morgan fingerprint density at radius 3 is 3.10 bits per heavy atom. The summed E-state index contributed by atoms with van der Waals surface area (Å²) >= 11 is 0. The SMILES string of the molecule is O=C(NCc1cccnc1)NC1CCc2cc(F)ccc21. The molecule has 0 saturated carbocycles. The highest BCUT2D eigenvalue weighted by Crippen LogP contribution is 2.31. The van der Waals surface area contributed by atoms with Crippen LogP contribution in [0.5, 0.6) is 0 Å². The summed E-state index contributed by atoms with van der Waals surface area (Å²) in [6, 6.07) is 8.20. The third-order valence-electron chi connectivity index (χ3n) is 3.66. The number of nitrogens with one attached hydrogen (secondary N) is 2. The van der Waals surface area contributed by atoms with E-state index < -0.39 is 0 Å². The van der Waals surface area contributed by atoms with Gasteiger partial charge >= 0.3 is 6.03 Å². The Balaban J connectivity index is 1.57. The van der Waals surface area contributed by atoms with E-state index in [1.165, 1.54) is 6.07 Å². The fourth-order valence-electron chi connectivity index (χ4n) is 2.63. The predicted molar refractivity (Wildman–Crippen MR) is 77.1 cm³/mol. The summed E-state index contributed by atoms with van der Waals surface area (Å²) in [6.07, 6.45) is 5.01. The molecule has 1 aromatic carbocycles. The van der Waals surface area contributed by atoms with Gasteiger partial charge in [-0.05, 0) is 47.7 Å². The standard InChI is InChI=1S/C16H16FN3O/c17-13-4-5-14-12(8-13)3-6-15(14)20-16(21)19-10-11-2-1-7-18-9-11/h1-2,4-5,7-9,15H,3,6,10H2,(H2,19,20,21). The predicted octanol–water partition coefficient (Wildman–Crippen LogP) is 2.71. The second-order valence-electron chi connectivity index (χ2n) is 5.12. The first-order valence-electron chi connectivity index (χ1n) is 6.94. The molecule has 1 heterocycles. The molecule has 0 aliphatic heterocycles. The molecule has 1 aromatic heterocycles. The number of nitrogens with zero attached hydrogens (tertiary/aromatic N) is 1. The normalized spacial score (nSPS) is 16.3. The van der Waals surface area contributed by atoms with E-state index in [1.807, 2.05) is 12.1 Å². The lowest BCUT2D eigenvalue weighted by Crippen LogP contribution is -2.36. The van der Waals surface area contributed by atoms with Crippen LogP contribution >= 0.6 is 0 Å². The van der Waals surface area contributed by atoms with Gasteiger partial charge in [0.05, 0.1) is 6.04 Å². The van der Waals surface area contributed by atoms with Crippen LogP contribution in [-0.2, 0) is 13.0 Å². The Hall–Kier alpha value is -2.43. The number of carbonyl (C=O) groups excluding carboxylic acids is 1. The van der Waals surface area contributed by atoms with Crippen LogP contribution < -0.4 is 10.6 Å². The van der Waals surface area contributed by atoms with Crippen molar-refractivity contribution in [2.75, 3.05) is 0 Å². The van der Waals surface area contributed by atoms with Crippen molar-refractivity contribution in [3.05, 3.63) is 65.2 Å². The van der Waals surface area contributed by atoms with Gasteiger partial charge in [0.2, 0.25) is 0 Å². The van der Waals surface area contributed by atoms with Crippen LogP contribution in [0.4, 0.5) is 9.18 Å². The van der Waals surface area contributed by atoms with Gasteiger partial charge in [-0.1, -0.05) is 12.1 Å². The Bertz CT molecular complexity index is 645. The summed E-state index contributed by atoms with van der Waals surface area (Å²) < 4.78 is 13.2. The van der Waals surface area contributed by atoms with Crippen LogP contribution in [0.1, 0.15) is 29.2 Å². The largest absolute Gasteiger partial charge is 0.334 e. The molecule has 1 aliphatic carbocycles. The number of fused-ring (bicyclic) bond motifs is 1. The number of carbonyl (C=O) groups is 1. The number of aromatic nitrogens is 1. The topological polar surface area (TPSA) is 54.0 Å². The molecule has 0 bridgehead atoms. The van der Waals surface area contributed by atoms with Gasteiger partial charge in [0.15, 0.2) is 0 Å². The molecule has 1 unspecified atom stereocenters. The molecular weight excluding hydrogens is 269 g/mol. The smallest absolute Gasteiger partial charge is 0.315 e. The van der Waals surface area contributed by atoms with E-state index >= 15 is 0 Å². The summed E-state index contributed by atoms with van der Waals surface area (Å²) in [7, 11) is 0. The molecule has 3 rings (SSSR count). The van der Waals surface area contributed by atoms with Gasteiger partial charge in [-0.2, -0.15) is 0 Å². The van der Waals surface area contributed by atoms with Crippen LogP contribution in [0, 0.1) is 5.82 Å². The average molecular weight is 285 g/mol. The highest BCUT2D eigenvalue weighted by molar-refractivity contribution is 5.74. The molecule has 0 radical (unpaired) electrons. The van der Waals surface area contributed by atoms with Crippen LogP contribution in [0.15, 0.2) is 42.7 Å². The summed E-state index contributed by atoms with van der Waals surface area (Å²) in [5.41, 5.74) is 2.93. The molecule has 5 heteroatoms. The number of rotatable bonds is 3. The van der Waals surface area contributed by atoms with Crippen LogP contribution in [0.3, 0.4) is 0 Å². The van der Waals surface area contributed by atoms with E-state index in [2.05, 4.69) is 15.6 Å². The van der Waals surface area contributed by atoms with E-state index in [-0.39, 0.29) is 17.9 Å². The highest BCUT2D eigenvalue weighted by atomic mass is 19.1. The van der Waals surface area contributed by atoms with Gasteiger partial charge in [-0.25, -0.2) is 9.18 Å². The minimum atomic E-state index is -0.226.